The van der Waals surface area contributed by atoms with Crippen LogP contribution in [0, 0.1) is 0 Å². The molecule has 1 aromatic heterocycles. The van der Waals surface area contributed by atoms with Crippen molar-refractivity contribution in [2.24, 2.45) is 5.73 Å². The Kier molecular flexibility index (Phi) is 7.16. The van der Waals surface area contributed by atoms with Crippen molar-refractivity contribution in [2.75, 3.05) is 39.4 Å². The standard InChI is InChI=1S/C28H35N5O2/c1-2-21-7-9-22(10-8-21)24-15-25(18-32(17-24)28(34)31-11-13-35-14-12-31)26-19-33(20-30-26)27-6-4-3-5-23(27)16-29/h3-10,19-20,24-25H,2,11-18,29H2,1H3. The normalized spacial score (nSPS) is 20.7. The first-order chi connectivity index (χ1) is 17.2. The van der Waals surface area contributed by atoms with E-state index in [1.165, 1.54) is 11.1 Å². The fraction of sp³-hybridized carbons (Fsp3) is 0.429. The molecule has 7 heteroatoms. The second kappa shape index (κ2) is 10.6. The van der Waals surface area contributed by atoms with Crippen LogP contribution in [0.1, 0.15) is 47.6 Å². The predicted octanol–water partition coefficient (Wildman–Crippen LogP) is 3.92. The number of aryl methyl sites for hydroxylation is 1. The SMILES string of the molecule is CCc1ccc(C2CC(c3cn(-c4ccccc4CN)cn3)CN(C(=O)N3CCOCC3)C2)cc1. The first-order valence-electron chi connectivity index (χ1n) is 12.7. The third-order valence-electron chi connectivity index (χ3n) is 7.37. The van der Waals surface area contributed by atoms with E-state index in [0.717, 1.165) is 36.3 Å². The van der Waals surface area contributed by atoms with E-state index in [2.05, 4.69) is 48.0 Å². The third kappa shape index (κ3) is 5.11. The number of carbonyl (C=O) groups is 1. The van der Waals surface area contributed by atoms with Crippen LogP contribution in [0.25, 0.3) is 5.69 Å². The van der Waals surface area contributed by atoms with Gasteiger partial charge in [0.2, 0.25) is 0 Å². The van der Waals surface area contributed by atoms with Crippen LogP contribution in [0.5, 0.6) is 0 Å². The zero-order valence-corrected chi connectivity index (χ0v) is 20.5. The number of nitrogens with two attached hydrogens (primary N) is 1. The minimum atomic E-state index is 0.112. The topological polar surface area (TPSA) is 76.6 Å². The molecule has 0 radical (unpaired) electrons. The maximum absolute atomic E-state index is 13.5. The Morgan fingerprint density at radius 2 is 1.77 bits per heavy atom. The molecule has 2 aliphatic heterocycles. The van der Waals surface area contributed by atoms with Gasteiger partial charge in [-0.3, -0.25) is 0 Å². The van der Waals surface area contributed by atoms with Gasteiger partial charge in [-0.2, -0.15) is 0 Å². The molecule has 2 aliphatic rings. The summed E-state index contributed by atoms with van der Waals surface area (Å²) in [7, 11) is 0. The summed E-state index contributed by atoms with van der Waals surface area (Å²) in [6.07, 6.45) is 5.97. The third-order valence-corrected chi connectivity index (χ3v) is 7.37. The van der Waals surface area contributed by atoms with Crippen molar-refractivity contribution in [3.05, 3.63) is 83.4 Å². The van der Waals surface area contributed by atoms with E-state index in [0.29, 0.717) is 39.4 Å². The second-order valence-electron chi connectivity index (χ2n) is 9.55. The molecule has 0 saturated carbocycles. The number of amides is 2. The number of likely N-dealkylation sites (tertiary alicyclic amines) is 1. The molecule has 2 unspecified atom stereocenters. The van der Waals surface area contributed by atoms with E-state index in [1.807, 2.05) is 34.3 Å². The number of hydrogen-bond acceptors (Lipinski definition) is 4. The van der Waals surface area contributed by atoms with E-state index in [9.17, 15) is 4.79 Å². The molecule has 35 heavy (non-hydrogen) atoms. The fourth-order valence-corrected chi connectivity index (χ4v) is 5.31. The van der Waals surface area contributed by atoms with Crippen LogP contribution in [-0.2, 0) is 17.7 Å². The lowest BCUT2D eigenvalue weighted by molar-refractivity contribution is 0.0398. The molecule has 0 aliphatic carbocycles. The van der Waals surface area contributed by atoms with Gasteiger partial charge in [-0.15, -0.1) is 0 Å². The molecular formula is C28H35N5O2. The number of aromatic nitrogens is 2. The number of ether oxygens (including phenoxy) is 1. The maximum Gasteiger partial charge on any atom is 0.320 e. The Morgan fingerprint density at radius 1 is 1.03 bits per heavy atom. The minimum Gasteiger partial charge on any atom is -0.378 e. The highest BCUT2D eigenvalue weighted by Gasteiger charge is 2.35. The summed E-state index contributed by atoms with van der Waals surface area (Å²) in [5.41, 5.74) is 11.8. The highest BCUT2D eigenvalue weighted by atomic mass is 16.5. The average molecular weight is 474 g/mol. The monoisotopic (exact) mass is 473 g/mol. The highest BCUT2D eigenvalue weighted by molar-refractivity contribution is 5.75. The van der Waals surface area contributed by atoms with Gasteiger partial charge in [-0.05, 0) is 35.6 Å². The molecule has 2 aromatic carbocycles. The van der Waals surface area contributed by atoms with Crippen LogP contribution < -0.4 is 5.73 Å². The van der Waals surface area contributed by atoms with E-state index in [1.54, 1.807) is 0 Å². The summed E-state index contributed by atoms with van der Waals surface area (Å²) in [6, 6.07) is 17.2. The lowest BCUT2D eigenvalue weighted by atomic mass is 9.83. The molecule has 2 atom stereocenters. The van der Waals surface area contributed by atoms with Gasteiger partial charge >= 0.3 is 6.03 Å². The van der Waals surface area contributed by atoms with Crippen LogP contribution in [0.4, 0.5) is 4.79 Å². The minimum absolute atomic E-state index is 0.112. The number of imidazole rings is 1. The van der Waals surface area contributed by atoms with Crippen molar-refractivity contribution in [3.63, 3.8) is 0 Å². The quantitative estimate of drug-likeness (QED) is 0.609. The molecule has 2 N–H and O–H groups in total. The van der Waals surface area contributed by atoms with E-state index >= 15 is 0 Å². The number of urea groups is 1. The molecular weight excluding hydrogens is 438 g/mol. The van der Waals surface area contributed by atoms with E-state index in [4.69, 9.17) is 15.5 Å². The highest BCUT2D eigenvalue weighted by Crippen LogP contribution is 2.36. The first kappa shape index (κ1) is 23.6. The van der Waals surface area contributed by atoms with Gasteiger partial charge < -0.3 is 24.8 Å². The molecule has 184 valence electrons. The predicted molar refractivity (Wildman–Crippen MR) is 137 cm³/mol. The Hall–Kier alpha value is -3.16. The van der Waals surface area contributed by atoms with Gasteiger partial charge in [-0.1, -0.05) is 49.4 Å². The summed E-state index contributed by atoms with van der Waals surface area (Å²) in [5.74, 6) is 0.432. The lowest BCUT2D eigenvalue weighted by Gasteiger charge is -2.40. The van der Waals surface area contributed by atoms with Gasteiger partial charge in [-0.25, -0.2) is 9.78 Å². The van der Waals surface area contributed by atoms with Gasteiger partial charge in [0.15, 0.2) is 0 Å². The summed E-state index contributed by atoms with van der Waals surface area (Å²) in [6.45, 7) is 6.58. The Bertz CT molecular complexity index is 1140. The number of hydrogen-bond donors (Lipinski definition) is 1. The Morgan fingerprint density at radius 3 is 2.51 bits per heavy atom. The molecule has 2 saturated heterocycles. The molecule has 0 bridgehead atoms. The van der Waals surface area contributed by atoms with Crippen molar-refractivity contribution in [3.8, 4) is 5.69 Å². The van der Waals surface area contributed by atoms with Gasteiger partial charge in [0.25, 0.3) is 0 Å². The number of nitrogens with zero attached hydrogens (tertiary/aromatic N) is 4. The largest absolute Gasteiger partial charge is 0.378 e. The summed E-state index contributed by atoms with van der Waals surface area (Å²) < 4.78 is 7.53. The van der Waals surface area contributed by atoms with Crippen LogP contribution in [0.2, 0.25) is 0 Å². The summed E-state index contributed by atoms with van der Waals surface area (Å²) >= 11 is 0. The zero-order chi connectivity index (χ0) is 24.2. The van der Waals surface area contributed by atoms with Crippen molar-refractivity contribution >= 4 is 6.03 Å². The molecule has 3 aromatic rings. The number of carbonyl (C=O) groups excluding carboxylic acids is 1. The van der Waals surface area contributed by atoms with Gasteiger partial charge in [0.1, 0.15) is 0 Å². The fourth-order valence-electron chi connectivity index (χ4n) is 5.31. The second-order valence-corrected chi connectivity index (χ2v) is 9.55. The van der Waals surface area contributed by atoms with Crippen LogP contribution >= 0.6 is 0 Å². The van der Waals surface area contributed by atoms with Crippen LogP contribution in [0.3, 0.4) is 0 Å². The maximum atomic E-state index is 13.5. The first-order valence-corrected chi connectivity index (χ1v) is 12.7. The molecule has 7 nitrogen and oxygen atoms in total. The van der Waals surface area contributed by atoms with Crippen molar-refractivity contribution < 1.29 is 9.53 Å². The molecule has 5 rings (SSSR count). The number of morpholine rings is 1. The lowest BCUT2D eigenvalue weighted by Crippen LogP contribution is -2.52. The molecule has 0 spiro atoms. The Labute approximate surface area is 207 Å². The van der Waals surface area contributed by atoms with E-state index in [-0.39, 0.29) is 17.9 Å². The van der Waals surface area contributed by atoms with Crippen molar-refractivity contribution in [1.29, 1.82) is 0 Å². The van der Waals surface area contributed by atoms with Gasteiger partial charge in [0.05, 0.1) is 30.9 Å². The smallest absolute Gasteiger partial charge is 0.320 e. The summed E-state index contributed by atoms with van der Waals surface area (Å²) in [5, 5.41) is 0. The van der Waals surface area contributed by atoms with Crippen LogP contribution in [-0.4, -0.2) is 64.8 Å². The van der Waals surface area contributed by atoms with Crippen LogP contribution in [0.15, 0.2) is 61.1 Å². The zero-order valence-electron chi connectivity index (χ0n) is 20.5. The van der Waals surface area contributed by atoms with Crippen molar-refractivity contribution in [2.45, 2.75) is 38.1 Å². The average Bonchev–Trinajstić information content (AvgIpc) is 3.43. The van der Waals surface area contributed by atoms with Crippen molar-refractivity contribution in [1.82, 2.24) is 19.4 Å². The Balaban J connectivity index is 1.42. The summed E-state index contributed by atoms with van der Waals surface area (Å²) in [4.78, 5) is 22.2. The molecule has 2 fully saturated rings. The molecule has 3 heterocycles. The molecule has 2 amide bonds. The number of piperidine rings is 1. The number of benzene rings is 2. The number of para-hydroxylation sites is 1. The van der Waals surface area contributed by atoms with Gasteiger partial charge in [0, 0.05) is 50.8 Å². The van der Waals surface area contributed by atoms with E-state index < -0.39 is 0 Å². The number of rotatable bonds is 5.